The molecule has 6 heteroatoms. The molecule has 1 aromatic rings. The van der Waals surface area contributed by atoms with Gasteiger partial charge in [0, 0.05) is 5.41 Å². The third-order valence-corrected chi connectivity index (χ3v) is 3.70. The van der Waals surface area contributed by atoms with E-state index in [0.717, 1.165) is 18.0 Å². The van der Waals surface area contributed by atoms with Crippen LogP contribution in [0.15, 0.2) is 0 Å². The van der Waals surface area contributed by atoms with Gasteiger partial charge in [0.25, 0.3) is 5.91 Å². The van der Waals surface area contributed by atoms with E-state index < -0.39 is 5.91 Å². The van der Waals surface area contributed by atoms with Gasteiger partial charge in [0.15, 0.2) is 0 Å². The third kappa shape index (κ3) is 3.24. The minimum Gasteiger partial charge on any atom is -0.363 e. The number of primary amides is 1. The average Bonchev–Trinajstić information content (AvgIpc) is 2.64. The molecule has 0 saturated carbocycles. The van der Waals surface area contributed by atoms with Gasteiger partial charge in [-0.15, -0.1) is 10.2 Å². The Morgan fingerprint density at radius 1 is 1.44 bits per heavy atom. The van der Waals surface area contributed by atoms with Crippen LogP contribution >= 0.6 is 11.3 Å². The van der Waals surface area contributed by atoms with Gasteiger partial charge in [0.05, 0.1) is 0 Å². The Morgan fingerprint density at radius 3 is 2.50 bits per heavy atom. The zero-order chi connectivity index (χ0) is 12.3. The monoisotopic (exact) mass is 242 g/mol. The zero-order valence-electron chi connectivity index (χ0n) is 10.1. The summed E-state index contributed by atoms with van der Waals surface area (Å²) in [4.78, 5) is 13.1. The molecule has 16 heavy (non-hydrogen) atoms. The SMILES string of the molecule is CN(C)CCC(C)(C)c1nnc(C(N)=O)s1. The molecule has 1 heterocycles. The fraction of sp³-hybridized carbons (Fsp3) is 0.700. The highest BCUT2D eigenvalue weighted by atomic mass is 32.1. The summed E-state index contributed by atoms with van der Waals surface area (Å²) in [5.74, 6) is -0.507. The Kier molecular flexibility index (Phi) is 3.98. The number of nitrogens with zero attached hydrogens (tertiary/aromatic N) is 3. The van der Waals surface area contributed by atoms with Gasteiger partial charge in [-0.05, 0) is 27.1 Å². The average molecular weight is 242 g/mol. The summed E-state index contributed by atoms with van der Waals surface area (Å²) in [5, 5.41) is 8.97. The highest BCUT2D eigenvalue weighted by molar-refractivity contribution is 7.13. The summed E-state index contributed by atoms with van der Waals surface area (Å²) in [6.45, 7) is 5.17. The second-order valence-corrected chi connectivity index (χ2v) is 5.69. The number of hydrogen-bond donors (Lipinski definition) is 1. The summed E-state index contributed by atoms with van der Waals surface area (Å²) >= 11 is 1.28. The Balaban J connectivity index is 2.77. The topological polar surface area (TPSA) is 72.1 Å². The number of rotatable bonds is 5. The normalized spacial score (nSPS) is 12.1. The molecule has 90 valence electrons. The van der Waals surface area contributed by atoms with Crippen LogP contribution in [0, 0.1) is 0 Å². The molecule has 1 rings (SSSR count). The predicted octanol–water partition coefficient (Wildman–Crippen LogP) is 0.866. The number of carbonyl (C=O) groups is 1. The number of hydrogen-bond acceptors (Lipinski definition) is 5. The van der Waals surface area contributed by atoms with Crippen molar-refractivity contribution in [3.8, 4) is 0 Å². The minimum atomic E-state index is -0.507. The van der Waals surface area contributed by atoms with Gasteiger partial charge < -0.3 is 10.6 Å². The van der Waals surface area contributed by atoms with E-state index in [2.05, 4.69) is 28.9 Å². The number of carbonyl (C=O) groups excluding carboxylic acids is 1. The third-order valence-electron chi connectivity index (χ3n) is 2.40. The van der Waals surface area contributed by atoms with Crippen molar-refractivity contribution in [3.63, 3.8) is 0 Å². The van der Waals surface area contributed by atoms with Crippen LogP contribution < -0.4 is 5.73 Å². The molecular formula is C10H18N4OS. The van der Waals surface area contributed by atoms with Crippen molar-refractivity contribution in [2.24, 2.45) is 5.73 Å². The number of aromatic nitrogens is 2. The molecule has 0 atom stereocenters. The lowest BCUT2D eigenvalue weighted by molar-refractivity contribution is 0.0999. The lowest BCUT2D eigenvalue weighted by atomic mass is 9.90. The Morgan fingerprint density at radius 2 is 2.06 bits per heavy atom. The zero-order valence-corrected chi connectivity index (χ0v) is 11.0. The summed E-state index contributed by atoms with van der Waals surface area (Å²) < 4.78 is 0. The van der Waals surface area contributed by atoms with E-state index in [1.807, 2.05) is 14.1 Å². The van der Waals surface area contributed by atoms with Gasteiger partial charge in [0.2, 0.25) is 5.01 Å². The van der Waals surface area contributed by atoms with E-state index in [1.165, 1.54) is 11.3 Å². The fourth-order valence-corrected chi connectivity index (χ4v) is 2.03. The Hall–Kier alpha value is -1.01. The first-order chi connectivity index (χ1) is 7.33. The standard InChI is InChI=1S/C10H18N4OS/c1-10(2,5-6-14(3)4)9-13-12-8(16-9)7(11)15/h5-6H2,1-4H3,(H2,11,15). The largest absolute Gasteiger partial charge is 0.363 e. The van der Waals surface area contributed by atoms with Crippen LogP contribution in [-0.2, 0) is 5.41 Å². The van der Waals surface area contributed by atoms with Crippen LogP contribution in [-0.4, -0.2) is 41.6 Å². The molecule has 0 aliphatic carbocycles. The maximum atomic E-state index is 10.9. The van der Waals surface area contributed by atoms with E-state index >= 15 is 0 Å². The minimum absolute atomic E-state index is 0.0738. The second kappa shape index (κ2) is 4.88. The van der Waals surface area contributed by atoms with Gasteiger partial charge in [-0.1, -0.05) is 25.2 Å². The van der Waals surface area contributed by atoms with Crippen molar-refractivity contribution < 1.29 is 4.79 Å². The van der Waals surface area contributed by atoms with Gasteiger partial charge in [-0.3, -0.25) is 4.79 Å². The molecule has 1 aromatic heterocycles. The maximum Gasteiger partial charge on any atom is 0.279 e. The van der Waals surface area contributed by atoms with Crippen LogP contribution in [0.4, 0.5) is 0 Å². The first-order valence-electron chi connectivity index (χ1n) is 5.11. The quantitative estimate of drug-likeness (QED) is 0.831. The smallest absolute Gasteiger partial charge is 0.279 e. The van der Waals surface area contributed by atoms with Crippen molar-refractivity contribution in [2.75, 3.05) is 20.6 Å². The molecule has 0 aromatic carbocycles. The number of amides is 1. The van der Waals surface area contributed by atoms with Crippen LogP contribution in [0.1, 0.15) is 35.1 Å². The Labute approximate surface area is 99.7 Å². The highest BCUT2D eigenvalue weighted by Gasteiger charge is 2.26. The first-order valence-corrected chi connectivity index (χ1v) is 5.93. The molecule has 0 saturated heterocycles. The Bertz CT molecular complexity index is 373. The molecule has 0 bridgehead atoms. The fourth-order valence-electron chi connectivity index (χ4n) is 1.21. The summed E-state index contributed by atoms with van der Waals surface area (Å²) in [6, 6.07) is 0. The molecule has 0 unspecified atom stereocenters. The molecule has 0 spiro atoms. The second-order valence-electron chi connectivity index (χ2n) is 4.71. The van der Waals surface area contributed by atoms with E-state index in [0.29, 0.717) is 0 Å². The van der Waals surface area contributed by atoms with E-state index in [1.54, 1.807) is 0 Å². The van der Waals surface area contributed by atoms with E-state index in [4.69, 9.17) is 5.73 Å². The number of nitrogens with two attached hydrogens (primary N) is 1. The summed E-state index contributed by atoms with van der Waals surface area (Å²) in [7, 11) is 4.07. The molecule has 0 aliphatic heterocycles. The van der Waals surface area contributed by atoms with Crippen LogP contribution in [0.25, 0.3) is 0 Å². The lowest BCUT2D eigenvalue weighted by Gasteiger charge is -2.23. The van der Waals surface area contributed by atoms with Gasteiger partial charge in [-0.25, -0.2) is 0 Å². The van der Waals surface area contributed by atoms with Crippen LogP contribution in [0.2, 0.25) is 0 Å². The summed E-state index contributed by atoms with van der Waals surface area (Å²) in [5.41, 5.74) is 5.08. The van der Waals surface area contributed by atoms with Crippen LogP contribution in [0.5, 0.6) is 0 Å². The molecule has 0 aliphatic rings. The molecule has 5 nitrogen and oxygen atoms in total. The molecular weight excluding hydrogens is 224 g/mol. The van der Waals surface area contributed by atoms with Gasteiger partial charge in [0.1, 0.15) is 5.01 Å². The van der Waals surface area contributed by atoms with Gasteiger partial charge >= 0.3 is 0 Å². The molecule has 0 radical (unpaired) electrons. The molecule has 0 fully saturated rings. The van der Waals surface area contributed by atoms with Crippen molar-refractivity contribution >= 4 is 17.2 Å². The van der Waals surface area contributed by atoms with Crippen molar-refractivity contribution in [1.29, 1.82) is 0 Å². The van der Waals surface area contributed by atoms with E-state index in [-0.39, 0.29) is 10.4 Å². The van der Waals surface area contributed by atoms with Gasteiger partial charge in [-0.2, -0.15) is 0 Å². The van der Waals surface area contributed by atoms with Crippen LogP contribution in [0.3, 0.4) is 0 Å². The molecule has 2 N–H and O–H groups in total. The van der Waals surface area contributed by atoms with Crippen molar-refractivity contribution in [2.45, 2.75) is 25.7 Å². The van der Waals surface area contributed by atoms with Crippen molar-refractivity contribution in [3.05, 3.63) is 10.0 Å². The van der Waals surface area contributed by atoms with Crippen molar-refractivity contribution in [1.82, 2.24) is 15.1 Å². The lowest BCUT2D eigenvalue weighted by Crippen LogP contribution is -2.24. The highest BCUT2D eigenvalue weighted by Crippen LogP contribution is 2.29. The molecule has 1 amide bonds. The predicted molar refractivity (Wildman–Crippen MR) is 64.6 cm³/mol. The summed E-state index contributed by atoms with van der Waals surface area (Å²) in [6.07, 6.45) is 0.966. The van der Waals surface area contributed by atoms with E-state index in [9.17, 15) is 4.79 Å². The maximum absolute atomic E-state index is 10.9. The first kappa shape index (κ1) is 13.1.